The van der Waals surface area contributed by atoms with Gasteiger partial charge in [-0.25, -0.2) is 9.97 Å². The molecule has 0 radical (unpaired) electrons. The highest BCUT2D eigenvalue weighted by molar-refractivity contribution is 7.17. The van der Waals surface area contributed by atoms with E-state index in [1.54, 1.807) is 52.7 Å². The van der Waals surface area contributed by atoms with Gasteiger partial charge in [-0.15, -0.1) is 34.0 Å². The topological polar surface area (TPSA) is 121 Å². The van der Waals surface area contributed by atoms with E-state index in [0.717, 1.165) is 22.5 Å². The van der Waals surface area contributed by atoms with E-state index in [2.05, 4.69) is 20.6 Å². The lowest BCUT2D eigenvalue weighted by Crippen LogP contribution is -2.11. The number of hydrogen-bond acceptors (Lipinski definition) is 11. The van der Waals surface area contributed by atoms with E-state index in [-0.39, 0.29) is 11.8 Å². The molecule has 0 aliphatic rings. The van der Waals surface area contributed by atoms with Crippen molar-refractivity contribution in [2.45, 2.75) is 0 Å². The molecule has 5 aromatic rings. The van der Waals surface area contributed by atoms with Crippen LogP contribution in [0.2, 0.25) is 0 Å². The Bertz CT molecular complexity index is 1590. The fourth-order valence-electron chi connectivity index (χ4n) is 3.82. The summed E-state index contributed by atoms with van der Waals surface area (Å²) >= 11 is 3.68. The molecule has 41 heavy (non-hydrogen) atoms. The number of benzene rings is 2. The molecule has 0 fully saturated rings. The molecule has 3 heterocycles. The van der Waals surface area contributed by atoms with Gasteiger partial charge in [0.1, 0.15) is 0 Å². The molecule has 2 amide bonds. The minimum absolute atomic E-state index is 0.354. The molecule has 0 atom stereocenters. The van der Waals surface area contributed by atoms with Crippen LogP contribution in [0.15, 0.2) is 59.3 Å². The lowest BCUT2D eigenvalue weighted by atomic mass is 10.1. The van der Waals surface area contributed by atoms with Crippen LogP contribution >= 0.6 is 34.0 Å². The Morgan fingerprint density at radius 2 is 1.02 bits per heavy atom. The number of thiazole rings is 2. The van der Waals surface area contributed by atoms with Gasteiger partial charge in [-0.2, -0.15) is 0 Å². The number of nitrogens with zero attached hydrogens (tertiary/aromatic N) is 2. The summed E-state index contributed by atoms with van der Waals surface area (Å²) in [4.78, 5) is 35.5. The fourth-order valence-corrected chi connectivity index (χ4v) is 6.04. The minimum Gasteiger partial charge on any atom is -0.493 e. The lowest BCUT2D eigenvalue weighted by molar-refractivity contribution is 0.102. The number of rotatable bonds is 10. The summed E-state index contributed by atoms with van der Waals surface area (Å²) in [7, 11) is 6.28. The van der Waals surface area contributed by atoms with Gasteiger partial charge in [0.2, 0.25) is 0 Å². The third-order valence-corrected chi connectivity index (χ3v) is 8.46. The quantitative estimate of drug-likeness (QED) is 0.184. The number of ether oxygens (including phenoxy) is 4. The summed E-state index contributed by atoms with van der Waals surface area (Å²) in [6.07, 6.45) is 0. The van der Waals surface area contributed by atoms with Crippen LogP contribution in [0.1, 0.15) is 19.3 Å². The molecule has 0 bridgehead atoms. The van der Waals surface area contributed by atoms with Gasteiger partial charge < -0.3 is 18.9 Å². The number of aromatic nitrogens is 2. The third-order valence-electron chi connectivity index (χ3n) is 5.86. The van der Waals surface area contributed by atoms with E-state index >= 15 is 0 Å². The highest BCUT2D eigenvalue weighted by Crippen LogP contribution is 2.35. The molecule has 0 unspecified atom stereocenters. The maximum atomic E-state index is 12.9. The van der Waals surface area contributed by atoms with Crippen molar-refractivity contribution in [3.8, 4) is 45.5 Å². The predicted molar refractivity (Wildman–Crippen MR) is 162 cm³/mol. The standard InChI is InChI=1S/C28H24N4O6S3/c1-35-19-7-5-15(11-21(19)37-3)17-13-39-27(29-17)31-25(33)23-9-10-24(41-23)26(34)32-28-30-18(14-40-28)16-6-8-20(36-2)22(12-16)38-4/h5-14H,1-4H3,(H,29,31,33)(H,30,32,34). The Balaban J connectivity index is 1.22. The summed E-state index contributed by atoms with van der Waals surface area (Å²) in [5.74, 6) is 1.70. The van der Waals surface area contributed by atoms with Crippen LogP contribution in [0.25, 0.3) is 22.5 Å². The van der Waals surface area contributed by atoms with E-state index in [1.807, 2.05) is 35.0 Å². The van der Waals surface area contributed by atoms with Crippen LogP contribution in [0.4, 0.5) is 10.3 Å². The third kappa shape index (κ3) is 6.16. The monoisotopic (exact) mass is 608 g/mol. The molecule has 210 valence electrons. The first-order valence-corrected chi connectivity index (χ1v) is 14.6. The molecular weight excluding hydrogens is 585 g/mol. The molecule has 0 saturated carbocycles. The highest BCUT2D eigenvalue weighted by atomic mass is 32.1. The second kappa shape index (κ2) is 12.4. The lowest BCUT2D eigenvalue weighted by Gasteiger charge is -2.08. The summed E-state index contributed by atoms with van der Waals surface area (Å²) in [6.45, 7) is 0. The Labute approximate surface area is 247 Å². The molecule has 10 nitrogen and oxygen atoms in total. The predicted octanol–water partition coefficient (Wildman–Crippen LogP) is 6.53. The molecular formula is C28H24N4O6S3. The van der Waals surface area contributed by atoms with Crippen LogP contribution in [-0.4, -0.2) is 50.2 Å². The Morgan fingerprint density at radius 3 is 1.41 bits per heavy atom. The van der Waals surface area contributed by atoms with E-state index in [9.17, 15) is 9.59 Å². The number of nitrogens with one attached hydrogen (secondary N) is 2. The number of carbonyl (C=O) groups is 2. The van der Waals surface area contributed by atoms with Gasteiger partial charge in [-0.05, 0) is 48.5 Å². The number of carbonyl (C=O) groups excluding carboxylic acids is 2. The van der Waals surface area contributed by atoms with Gasteiger partial charge >= 0.3 is 0 Å². The molecule has 5 rings (SSSR count). The van der Waals surface area contributed by atoms with Crippen LogP contribution in [0, 0.1) is 0 Å². The molecule has 0 spiro atoms. The average molecular weight is 609 g/mol. The van der Waals surface area contributed by atoms with E-state index < -0.39 is 0 Å². The first-order valence-electron chi connectivity index (χ1n) is 12.0. The Kier molecular flexibility index (Phi) is 8.47. The molecule has 0 saturated heterocycles. The van der Waals surface area contributed by atoms with Gasteiger partial charge in [-0.1, -0.05) is 0 Å². The summed E-state index contributed by atoms with van der Waals surface area (Å²) in [5.41, 5.74) is 3.03. The molecule has 3 aromatic heterocycles. The van der Waals surface area contributed by atoms with E-state index in [0.29, 0.717) is 54.4 Å². The van der Waals surface area contributed by atoms with Crippen molar-refractivity contribution in [2.24, 2.45) is 0 Å². The first-order chi connectivity index (χ1) is 19.9. The second-order valence-corrected chi connectivity index (χ2v) is 11.1. The van der Waals surface area contributed by atoms with Crippen LogP contribution < -0.4 is 29.6 Å². The van der Waals surface area contributed by atoms with Crippen LogP contribution in [-0.2, 0) is 0 Å². The zero-order valence-electron chi connectivity index (χ0n) is 22.3. The van der Waals surface area contributed by atoms with Gasteiger partial charge in [0.05, 0.1) is 49.6 Å². The SMILES string of the molecule is COc1ccc(-c2csc(NC(=O)c3ccc(C(=O)Nc4nc(-c5ccc(OC)c(OC)c5)cs4)s3)n2)cc1OC. The van der Waals surface area contributed by atoms with Gasteiger partial charge in [0.15, 0.2) is 33.3 Å². The van der Waals surface area contributed by atoms with Crippen molar-refractivity contribution in [3.63, 3.8) is 0 Å². The number of anilines is 2. The van der Waals surface area contributed by atoms with Crippen molar-refractivity contribution in [1.82, 2.24) is 9.97 Å². The maximum Gasteiger partial charge on any atom is 0.267 e. The minimum atomic E-state index is -0.354. The Morgan fingerprint density at radius 1 is 0.610 bits per heavy atom. The fraction of sp³-hybridized carbons (Fsp3) is 0.143. The van der Waals surface area contributed by atoms with Gasteiger partial charge in [-0.3, -0.25) is 20.2 Å². The smallest absolute Gasteiger partial charge is 0.267 e. The normalized spacial score (nSPS) is 10.6. The molecule has 2 aromatic carbocycles. The van der Waals surface area contributed by atoms with Crippen molar-refractivity contribution in [3.05, 3.63) is 69.0 Å². The molecule has 0 aliphatic carbocycles. The molecule has 2 N–H and O–H groups in total. The number of methoxy groups -OCH3 is 4. The number of amides is 2. The summed E-state index contributed by atoms with van der Waals surface area (Å²) in [6, 6.07) is 14.2. The van der Waals surface area contributed by atoms with Crippen LogP contribution in [0.3, 0.4) is 0 Å². The van der Waals surface area contributed by atoms with Crippen molar-refractivity contribution in [1.29, 1.82) is 0 Å². The molecule has 13 heteroatoms. The number of hydrogen-bond donors (Lipinski definition) is 2. The van der Waals surface area contributed by atoms with Crippen molar-refractivity contribution < 1.29 is 28.5 Å². The van der Waals surface area contributed by atoms with Crippen molar-refractivity contribution >= 4 is 56.1 Å². The largest absolute Gasteiger partial charge is 0.493 e. The summed E-state index contributed by atoms with van der Waals surface area (Å²) in [5, 5.41) is 10.2. The van der Waals surface area contributed by atoms with Gasteiger partial charge in [0, 0.05) is 21.9 Å². The average Bonchev–Trinajstić information content (AvgIpc) is 3.78. The zero-order chi connectivity index (χ0) is 28.9. The van der Waals surface area contributed by atoms with E-state index in [4.69, 9.17) is 18.9 Å². The second-order valence-electron chi connectivity index (χ2n) is 8.29. The maximum absolute atomic E-state index is 12.9. The zero-order valence-corrected chi connectivity index (χ0v) is 24.8. The van der Waals surface area contributed by atoms with Crippen LogP contribution in [0.5, 0.6) is 23.0 Å². The Hall–Kier alpha value is -4.46. The van der Waals surface area contributed by atoms with E-state index in [1.165, 1.54) is 22.7 Å². The van der Waals surface area contributed by atoms with Gasteiger partial charge in [0.25, 0.3) is 11.8 Å². The number of thiophene rings is 1. The summed E-state index contributed by atoms with van der Waals surface area (Å²) < 4.78 is 21.3. The highest BCUT2D eigenvalue weighted by Gasteiger charge is 2.18. The van der Waals surface area contributed by atoms with Crippen molar-refractivity contribution in [2.75, 3.05) is 39.1 Å². The first kappa shape index (κ1) is 28.1. The molecule has 0 aliphatic heterocycles.